The highest BCUT2D eigenvalue weighted by Gasteiger charge is 2.20. The van der Waals surface area contributed by atoms with Gasteiger partial charge in [0.05, 0.1) is 12.8 Å². The van der Waals surface area contributed by atoms with Crippen LogP contribution in [-0.2, 0) is 0 Å². The number of ketones is 1. The molecule has 0 saturated carbocycles. The van der Waals surface area contributed by atoms with Gasteiger partial charge in [-0.1, -0.05) is 66.7 Å². The van der Waals surface area contributed by atoms with Crippen molar-refractivity contribution in [3.05, 3.63) is 84.4 Å². The van der Waals surface area contributed by atoms with Crippen LogP contribution < -0.4 is 9.64 Å². The molecule has 0 radical (unpaired) electrons. The zero-order valence-electron chi connectivity index (χ0n) is 17.5. The monoisotopic (exact) mass is 400 g/mol. The third-order valence-electron chi connectivity index (χ3n) is 5.77. The van der Waals surface area contributed by atoms with Crippen molar-refractivity contribution in [1.82, 2.24) is 4.90 Å². The molecule has 0 aromatic heterocycles. The van der Waals surface area contributed by atoms with E-state index in [2.05, 4.69) is 28.0 Å². The topological polar surface area (TPSA) is 32.8 Å². The lowest BCUT2D eigenvalue weighted by Crippen LogP contribution is -2.47. The number of hydrogen-bond acceptors (Lipinski definition) is 4. The van der Waals surface area contributed by atoms with Crippen molar-refractivity contribution in [1.29, 1.82) is 0 Å². The second-order valence-electron chi connectivity index (χ2n) is 7.62. The largest absolute Gasteiger partial charge is 0.495 e. The molecule has 3 aromatic carbocycles. The second kappa shape index (κ2) is 9.59. The molecule has 1 heterocycles. The predicted molar refractivity (Wildman–Crippen MR) is 122 cm³/mol. The number of ether oxygens (including phenoxy) is 1. The number of carbonyl (C=O) groups excluding carboxylic acids is 1. The molecular formula is C26H28N2O2. The van der Waals surface area contributed by atoms with Crippen LogP contribution in [0.3, 0.4) is 0 Å². The molecule has 4 nitrogen and oxygen atoms in total. The van der Waals surface area contributed by atoms with E-state index >= 15 is 0 Å². The van der Waals surface area contributed by atoms with Crippen molar-refractivity contribution in [3.63, 3.8) is 0 Å². The van der Waals surface area contributed by atoms with Gasteiger partial charge in [-0.25, -0.2) is 0 Å². The summed E-state index contributed by atoms with van der Waals surface area (Å²) in [5.74, 6) is 1.13. The van der Waals surface area contributed by atoms with E-state index in [-0.39, 0.29) is 5.78 Å². The molecule has 4 rings (SSSR count). The number of nitrogens with zero attached hydrogens (tertiary/aromatic N) is 2. The van der Waals surface area contributed by atoms with Gasteiger partial charge in [-0.15, -0.1) is 0 Å². The SMILES string of the molecule is COc1ccccc1N1CCN(CCC(=O)c2ccc(-c3ccccc3)cc2)CC1. The standard InChI is InChI=1S/C26H28N2O2/c1-30-26-10-6-5-9-24(26)28-19-17-27(18-20-28)16-15-25(29)23-13-11-22(12-14-23)21-7-3-2-4-8-21/h2-14H,15-20H2,1H3. The van der Waals surface area contributed by atoms with Gasteiger partial charge in [0.15, 0.2) is 5.78 Å². The second-order valence-corrected chi connectivity index (χ2v) is 7.62. The van der Waals surface area contributed by atoms with E-state index in [1.54, 1.807) is 7.11 Å². The van der Waals surface area contributed by atoms with Gasteiger partial charge < -0.3 is 9.64 Å². The van der Waals surface area contributed by atoms with Crippen molar-refractivity contribution in [2.24, 2.45) is 0 Å². The van der Waals surface area contributed by atoms with Crippen molar-refractivity contribution in [3.8, 4) is 16.9 Å². The summed E-state index contributed by atoms with van der Waals surface area (Å²) in [6.07, 6.45) is 0.555. The summed E-state index contributed by atoms with van der Waals surface area (Å²) < 4.78 is 5.49. The first-order valence-corrected chi connectivity index (χ1v) is 10.5. The maximum Gasteiger partial charge on any atom is 0.164 e. The van der Waals surface area contributed by atoms with Crippen molar-refractivity contribution < 1.29 is 9.53 Å². The van der Waals surface area contributed by atoms with Crippen molar-refractivity contribution >= 4 is 11.5 Å². The van der Waals surface area contributed by atoms with Crippen molar-refractivity contribution in [2.75, 3.05) is 44.7 Å². The molecule has 1 fully saturated rings. The van der Waals surface area contributed by atoms with Crippen LogP contribution in [0.4, 0.5) is 5.69 Å². The molecule has 0 amide bonds. The van der Waals surface area contributed by atoms with Gasteiger partial charge in [-0.3, -0.25) is 9.69 Å². The van der Waals surface area contributed by atoms with Crippen molar-refractivity contribution in [2.45, 2.75) is 6.42 Å². The summed E-state index contributed by atoms with van der Waals surface area (Å²) in [6, 6.07) is 26.4. The molecule has 0 atom stereocenters. The minimum absolute atomic E-state index is 0.210. The lowest BCUT2D eigenvalue weighted by Gasteiger charge is -2.36. The van der Waals surface area contributed by atoms with Gasteiger partial charge in [-0.05, 0) is 23.3 Å². The first-order chi connectivity index (χ1) is 14.7. The van der Waals surface area contributed by atoms with Crippen LogP contribution in [0.2, 0.25) is 0 Å². The fourth-order valence-corrected chi connectivity index (χ4v) is 3.99. The third-order valence-corrected chi connectivity index (χ3v) is 5.77. The van der Waals surface area contributed by atoms with Gasteiger partial charge in [0.2, 0.25) is 0 Å². The smallest absolute Gasteiger partial charge is 0.164 e. The summed E-state index contributed by atoms with van der Waals surface area (Å²) in [6.45, 7) is 4.61. The Morgan fingerprint density at radius 2 is 1.43 bits per heavy atom. The summed E-state index contributed by atoms with van der Waals surface area (Å²) in [4.78, 5) is 17.4. The van der Waals surface area contributed by atoms with E-state index in [0.29, 0.717) is 6.42 Å². The first-order valence-electron chi connectivity index (χ1n) is 10.5. The quantitative estimate of drug-likeness (QED) is 0.536. The van der Waals surface area contributed by atoms with E-state index in [1.165, 1.54) is 5.56 Å². The van der Waals surface area contributed by atoms with E-state index in [0.717, 1.165) is 55.3 Å². The molecule has 1 aliphatic heterocycles. The van der Waals surface area contributed by atoms with E-state index in [4.69, 9.17) is 4.74 Å². The summed E-state index contributed by atoms with van der Waals surface area (Å²) >= 11 is 0. The molecule has 1 saturated heterocycles. The van der Waals surface area contributed by atoms with Crippen LogP contribution in [0.5, 0.6) is 5.75 Å². The lowest BCUT2D eigenvalue weighted by molar-refractivity contribution is 0.0962. The van der Waals surface area contributed by atoms with Gasteiger partial charge in [-0.2, -0.15) is 0 Å². The van der Waals surface area contributed by atoms with Crippen LogP contribution in [-0.4, -0.2) is 50.5 Å². The Kier molecular flexibility index (Phi) is 6.45. The number of benzene rings is 3. The van der Waals surface area contributed by atoms with Gasteiger partial charge in [0.1, 0.15) is 5.75 Å². The molecule has 3 aromatic rings. The molecule has 0 spiro atoms. The number of hydrogen-bond donors (Lipinski definition) is 0. The maximum absolute atomic E-state index is 12.7. The molecule has 0 N–H and O–H groups in total. The maximum atomic E-state index is 12.7. The number of para-hydroxylation sites is 2. The van der Waals surface area contributed by atoms with Crippen LogP contribution in [0.25, 0.3) is 11.1 Å². The minimum atomic E-state index is 0.210. The normalized spacial score (nSPS) is 14.5. The zero-order valence-corrected chi connectivity index (χ0v) is 17.5. The lowest BCUT2D eigenvalue weighted by atomic mass is 10.0. The highest BCUT2D eigenvalue weighted by molar-refractivity contribution is 5.96. The Balaban J connectivity index is 1.28. The molecule has 154 valence electrons. The predicted octanol–water partition coefficient (Wildman–Crippen LogP) is 4.76. The van der Waals surface area contributed by atoms with Gasteiger partial charge >= 0.3 is 0 Å². The van der Waals surface area contributed by atoms with E-state index < -0.39 is 0 Å². The Hall–Kier alpha value is -3.11. The number of rotatable bonds is 7. The number of Topliss-reactive ketones (excluding diaryl/α,β-unsaturated/α-hetero) is 1. The molecule has 0 bridgehead atoms. The average Bonchev–Trinajstić information content (AvgIpc) is 2.83. The van der Waals surface area contributed by atoms with Crippen LogP contribution >= 0.6 is 0 Å². The van der Waals surface area contributed by atoms with Gasteiger partial charge in [0, 0.05) is 44.7 Å². The van der Waals surface area contributed by atoms with E-state index in [1.807, 2.05) is 60.7 Å². The van der Waals surface area contributed by atoms with Crippen LogP contribution in [0.15, 0.2) is 78.9 Å². The molecule has 1 aliphatic rings. The summed E-state index contributed by atoms with van der Waals surface area (Å²) in [5, 5.41) is 0. The molecule has 0 aliphatic carbocycles. The van der Waals surface area contributed by atoms with Gasteiger partial charge in [0.25, 0.3) is 0 Å². The average molecular weight is 401 g/mol. The Labute approximate surface area is 178 Å². The molecule has 4 heteroatoms. The van der Waals surface area contributed by atoms with Crippen LogP contribution in [0.1, 0.15) is 16.8 Å². The number of carbonyl (C=O) groups is 1. The molecule has 0 unspecified atom stereocenters. The third kappa shape index (κ3) is 4.71. The highest BCUT2D eigenvalue weighted by atomic mass is 16.5. The highest BCUT2D eigenvalue weighted by Crippen LogP contribution is 2.28. The Bertz CT molecular complexity index is 962. The first kappa shape index (κ1) is 20.2. The fraction of sp³-hybridized carbons (Fsp3) is 0.269. The van der Waals surface area contributed by atoms with Crippen LogP contribution in [0, 0.1) is 0 Å². The number of methoxy groups -OCH3 is 1. The van der Waals surface area contributed by atoms with E-state index in [9.17, 15) is 4.79 Å². The molecular weight excluding hydrogens is 372 g/mol. The number of piperazine rings is 1. The number of anilines is 1. The summed E-state index contributed by atoms with van der Waals surface area (Å²) in [5.41, 5.74) is 4.25. The Morgan fingerprint density at radius 3 is 2.13 bits per heavy atom. The summed E-state index contributed by atoms with van der Waals surface area (Å²) in [7, 11) is 1.72. The fourth-order valence-electron chi connectivity index (χ4n) is 3.99. The Morgan fingerprint density at radius 1 is 0.800 bits per heavy atom. The molecule has 30 heavy (non-hydrogen) atoms. The zero-order chi connectivity index (χ0) is 20.8. The minimum Gasteiger partial charge on any atom is -0.495 e.